The quantitative estimate of drug-likeness (QED) is 0.0254. The van der Waals surface area contributed by atoms with Gasteiger partial charge in [0.1, 0.15) is 17.5 Å². The molecule has 32 heteroatoms. The van der Waals surface area contributed by atoms with Crippen LogP contribution in [0.5, 0.6) is 0 Å². The summed E-state index contributed by atoms with van der Waals surface area (Å²) in [5, 5.41) is 19.8. The molecule has 0 saturated carbocycles. The van der Waals surface area contributed by atoms with E-state index in [1.807, 2.05) is 145 Å². The first-order valence-electron chi connectivity index (χ1n) is 37.5. The number of benzene rings is 6. The van der Waals surface area contributed by atoms with Crippen LogP contribution >= 0.6 is 7.82 Å². The second-order valence-corrected chi connectivity index (χ2v) is 36.5. The maximum Gasteiger partial charge on any atom is 0.481 e. The number of carbonyl (C=O) groups is 3. The van der Waals surface area contributed by atoms with Crippen LogP contribution in [0.3, 0.4) is 0 Å². The molecular formula is C84H99N18O13P. The number of hydrogen-bond acceptors (Lipinski definition) is 25. The van der Waals surface area contributed by atoms with E-state index in [0.29, 0.717) is 85.0 Å². The van der Waals surface area contributed by atoms with Gasteiger partial charge in [-0.3, -0.25) is 28.0 Å². The van der Waals surface area contributed by atoms with E-state index in [1.54, 1.807) is 146 Å². The predicted molar refractivity (Wildman–Crippen MR) is 448 cm³/mol. The number of aryl methyl sites for hydroxylation is 3. The molecule has 0 aliphatic rings. The monoisotopic (exact) mass is 1600 g/mol. The van der Waals surface area contributed by atoms with Crippen molar-refractivity contribution in [1.29, 1.82) is 0 Å². The minimum Gasteiger partial charge on any atom is -0.408 e. The van der Waals surface area contributed by atoms with E-state index < -0.39 is 92.5 Å². The maximum atomic E-state index is 19.2. The summed E-state index contributed by atoms with van der Waals surface area (Å²) in [6, 6.07) is 34.4. The van der Waals surface area contributed by atoms with Gasteiger partial charge < -0.3 is 62.4 Å². The van der Waals surface area contributed by atoms with E-state index in [9.17, 15) is 14.4 Å². The molecule has 0 fully saturated rings. The summed E-state index contributed by atoms with van der Waals surface area (Å²) >= 11 is 0. The molecule has 0 bridgehead atoms. The largest absolute Gasteiger partial charge is 0.481 e. The third-order valence-electron chi connectivity index (χ3n) is 20.5. The van der Waals surface area contributed by atoms with E-state index in [4.69, 9.17) is 59.0 Å². The van der Waals surface area contributed by atoms with Crippen LogP contribution in [0.4, 0.5) is 69.4 Å². The summed E-state index contributed by atoms with van der Waals surface area (Å²) in [6.07, 6.45) is 4.86. The molecule has 12 rings (SSSR count). The van der Waals surface area contributed by atoms with Gasteiger partial charge in [0, 0.05) is 119 Å². The van der Waals surface area contributed by atoms with Crippen molar-refractivity contribution in [2.45, 2.75) is 163 Å². The lowest BCUT2D eigenvalue weighted by molar-refractivity contribution is -0.261. The number of amides is 3. The standard InChI is InChI=1S/C84H99N18O13P/c1-46-43-88-70(94-52-28-22-49(23-29-52)64(85)103)97-67(46)91-55-34-37-61-58(40-55)100(73(106)110-61)82(76(4,5)6,77(7,8)9)113-116(109,114-83(78(10,11)12,79(13,14)15)101-59-41-56(35-38-62(59)111-74(101)107)92-68-47(2)44-89-71(98-68)95-53-30-24-50(25-31-53)65(86)104)115-84(80(16,17)18,81(19,20)21)102-60-42-57(36-39-63(60)112-75(102)108)93-69-48(3)45-90-72(99-69)96-54-32-26-51(27-33-54)66(87)105/h22-45H,1-21H3,(H2,85,103)(H2,86,104)(H2,87,105)(H2,88,91,94,97)(H2,89,92,95,98)(H2,90,93,96,99). The first-order chi connectivity index (χ1) is 54.0. The minimum absolute atomic E-state index is 0.0843. The van der Waals surface area contributed by atoms with Gasteiger partial charge in [-0.2, -0.15) is 15.0 Å². The Kier molecular flexibility index (Phi) is 21.4. The summed E-state index contributed by atoms with van der Waals surface area (Å²) in [5.41, 5.74) is 7.66. The molecule has 6 aromatic carbocycles. The molecule has 0 spiro atoms. The number of oxazole rings is 3. The highest BCUT2D eigenvalue weighted by Crippen LogP contribution is 2.72. The highest BCUT2D eigenvalue weighted by Gasteiger charge is 2.69. The molecule has 0 aliphatic heterocycles. The van der Waals surface area contributed by atoms with Gasteiger partial charge in [-0.05, 0) is 148 Å². The van der Waals surface area contributed by atoms with Gasteiger partial charge in [0.15, 0.2) is 33.9 Å². The lowest BCUT2D eigenvalue weighted by Crippen LogP contribution is -2.63. The third-order valence-corrected chi connectivity index (χ3v) is 22.0. The smallest absolute Gasteiger partial charge is 0.408 e. The molecule has 116 heavy (non-hydrogen) atoms. The van der Waals surface area contributed by atoms with Crippen LogP contribution in [0.1, 0.15) is 172 Å². The molecule has 31 nitrogen and oxygen atoms in total. The van der Waals surface area contributed by atoms with Crippen molar-refractivity contribution in [2.24, 2.45) is 49.7 Å². The number of nitrogens with zero attached hydrogens (tertiary/aromatic N) is 9. The number of hydrogen-bond donors (Lipinski definition) is 9. The van der Waals surface area contributed by atoms with Gasteiger partial charge in [-0.15, -0.1) is 0 Å². The molecule has 0 atom stereocenters. The number of fused-ring (bicyclic) bond motifs is 3. The van der Waals surface area contributed by atoms with E-state index >= 15 is 18.9 Å². The Hall–Kier alpha value is -12.3. The van der Waals surface area contributed by atoms with Crippen LogP contribution in [0, 0.1) is 53.3 Å². The number of phosphoric ester groups is 1. The average Bonchev–Trinajstić information content (AvgIpc) is 1.30. The highest BCUT2D eigenvalue weighted by atomic mass is 31.2. The first kappa shape index (κ1) is 83.1. The molecule has 0 radical (unpaired) electrons. The number of rotatable bonds is 24. The number of nitrogens with one attached hydrogen (secondary N) is 6. The Bertz CT molecular complexity index is 5430. The van der Waals surface area contributed by atoms with Gasteiger partial charge in [-0.25, -0.2) is 47.6 Å². The Balaban J connectivity index is 1.07. The van der Waals surface area contributed by atoms with E-state index in [0.717, 1.165) is 0 Å². The molecule has 608 valence electrons. The van der Waals surface area contributed by atoms with Crippen molar-refractivity contribution in [3.63, 3.8) is 0 Å². The number of primary amides is 3. The van der Waals surface area contributed by atoms with Crippen molar-refractivity contribution in [3.05, 3.63) is 211 Å². The van der Waals surface area contributed by atoms with Crippen LogP contribution in [0.2, 0.25) is 0 Å². The molecule has 12 N–H and O–H groups in total. The van der Waals surface area contributed by atoms with Crippen LogP contribution < -0.4 is 66.4 Å². The zero-order valence-electron chi connectivity index (χ0n) is 68.9. The normalized spacial score (nSPS) is 13.0. The topological polar surface area (TPSA) is 429 Å². The number of phosphoric acid groups is 1. The second-order valence-electron chi connectivity index (χ2n) is 35.1. The number of carbonyl (C=O) groups excluding carboxylic acids is 3. The Labute approximate surface area is 669 Å². The molecule has 0 unspecified atom stereocenters. The molecule has 6 aromatic heterocycles. The van der Waals surface area contributed by atoms with Gasteiger partial charge in [0.05, 0.1) is 16.6 Å². The fraction of sp³-hybridized carbons (Fsp3) is 0.357. The maximum absolute atomic E-state index is 19.2. The summed E-state index contributed by atoms with van der Waals surface area (Å²) < 4.78 is 65.9. The number of anilines is 12. The average molecular weight is 1600 g/mol. The molecule has 12 aromatic rings. The van der Waals surface area contributed by atoms with E-state index in [2.05, 4.69) is 46.9 Å². The Morgan fingerprint density at radius 1 is 0.345 bits per heavy atom. The molecule has 0 aliphatic carbocycles. The second kappa shape index (κ2) is 29.8. The summed E-state index contributed by atoms with van der Waals surface area (Å²) in [7, 11) is -6.02. The first-order valence-corrected chi connectivity index (χ1v) is 39.0. The fourth-order valence-electron chi connectivity index (χ4n) is 15.9. The van der Waals surface area contributed by atoms with Gasteiger partial charge >= 0.3 is 25.1 Å². The zero-order valence-corrected chi connectivity index (χ0v) is 69.8. The van der Waals surface area contributed by atoms with Crippen molar-refractivity contribution in [1.82, 2.24) is 43.6 Å². The number of nitrogens with two attached hydrogens (primary N) is 3. The van der Waals surface area contributed by atoms with Crippen molar-refractivity contribution in [3.8, 4) is 0 Å². The summed E-state index contributed by atoms with van der Waals surface area (Å²) in [6.45, 7) is 38.0. The Morgan fingerprint density at radius 3 is 0.767 bits per heavy atom. The fourth-order valence-corrected chi connectivity index (χ4v) is 18.9. The third kappa shape index (κ3) is 15.5. The van der Waals surface area contributed by atoms with Crippen molar-refractivity contribution in [2.75, 3.05) is 31.9 Å². The van der Waals surface area contributed by atoms with Crippen molar-refractivity contribution >= 4 is 128 Å². The number of aromatic nitrogens is 9. The summed E-state index contributed by atoms with van der Waals surface area (Å²) in [4.78, 5) is 111. The van der Waals surface area contributed by atoms with Gasteiger partial charge in [0.25, 0.3) is 0 Å². The van der Waals surface area contributed by atoms with Crippen LogP contribution in [-0.4, -0.2) is 61.3 Å². The predicted octanol–water partition coefficient (Wildman–Crippen LogP) is 17.3. The summed E-state index contributed by atoms with van der Waals surface area (Å²) in [5.74, 6) is -2.93. The minimum atomic E-state index is -6.02. The van der Waals surface area contributed by atoms with Gasteiger partial charge in [0.2, 0.25) is 35.6 Å². The SMILES string of the molecule is Cc1cnc(Nc2ccc(C(N)=O)cc2)nc1Nc1ccc2oc(=O)n(C(OP(=O)(OC(n3c(=O)oc4ccc(Nc5nc(Nc6ccc(C(N)=O)cc6)ncc5C)cc43)(C(C)(C)C)C(C)(C)C)OC(n3c(=O)oc4ccc(Nc5nc(Nc6ccc(C(N)=O)cc6)ncc5C)cc43)(C(C)(C)C)C(C)(C)C)(C(C)(C)C)C(C)(C)C)c2c1. The lowest BCUT2D eigenvalue weighted by Gasteiger charge is -2.59. The highest BCUT2D eigenvalue weighted by molar-refractivity contribution is 7.48. The zero-order chi connectivity index (χ0) is 84.8. The van der Waals surface area contributed by atoms with Crippen molar-refractivity contribution < 1.29 is 45.8 Å². The lowest BCUT2D eigenvalue weighted by atomic mass is 9.68. The van der Waals surface area contributed by atoms with Crippen LogP contribution in [-0.2, 0) is 35.3 Å². The molecule has 3 amide bonds. The van der Waals surface area contributed by atoms with E-state index in [1.165, 1.54) is 13.7 Å². The van der Waals surface area contributed by atoms with Crippen LogP contribution in [0.15, 0.2) is 174 Å². The molecular weight excluding hydrogens is 1500 g/mol. The Morgan fingerprint density at radius 2 is 0.560 bits per heavy atom. The molecule has 6 heterocycles. The van der Waals surface area contributed by atoms with E-state index in [-0.39, 0.29) is 51.1 Å². The van der Waals surface area contributed by atoms with Crippen LogP contribution in [0.25, 0.3) is 33.3 Å². The van der Waals surface area contributed by atoms with Gasteiger partial charge in [-0.1, -0.05) is 125 Å². The molecule has 0 saturated heterocycles.